The van der Waals surface area contributed by atoms with Gasteiger partial charge in [0.1, 0.15) is 0 Å². The van der Waals surface area contributed by atoms with E-state index in [9.17, 15) is 0 Å². The lowest BCUT2D eigenvalue weighted by Gasteiger charge is -2.18. The molecule has 8 aromatic carbocycles. The number of fused-ring (bicyclic) bond motifs is 7. The lowest BCUT2D eigenvalue weighted by Crippen LogP contribution is -1.91. The second-order valence-corrected chi connectivity index (χ2v) is 11.7. The average Bonchev–Trinajstić information content (AvgIpc) is 3.46. The lowest BCUT2D eigenvalue weighted by atomic mass is 9.85. The zero-order chi connectivity index (χ0) is 28.3. The molecule has 0 bridgehead atoms. The summed E-state index contributed by atoms with van der Waals surface area (Å²) in [6.07, 6.45) is 0.993. The summed E-state index contributed by atoms with van der Waals surface area (Å²) < 4.78 is 0. The van der Waals surface area contributed by atoms with Crippen LogP contribution in [-0.2, 0) is 6.42 Å². The van der Waals surface area contributed by atoms with E-state index in [0.29, 0.717) is 0 Å². The van der Waals surface area contributed by atoms with Crippen LogP contribution in [0.1, 0.15) is 11.1 Å². The van der Waals surface area contributed by atoms with Gasteiger partial charge in [-0.2, -0.15) is 0 Å². The third-order valence-corrected chi connectivity index (χ3v) is 9.27. The van der Waals surface area contributed by atoms with E-state index in [1.807, 2.05) is 0 Å². The molecule has 0 heterocycles. The van der Waals surface area contributed by atoms with Crippen molar-refractivity contribution in [1.29, 1.82) is 0 Å². The van der Waals surface area contributed by atoms with Crippen molar-refractivity contribution < 1.29 is 0 Å². The van der Waals surface area contributed by atoms with Crippen LogP contribution >= 0.6 is 0 Å². The first-order valence-electron chi connectivity index (χ1n) is 15.1. The molecule has 0 radical (unpaired) electrons. The van der Waals surface area contributed by atoms with E-state index in [1.54, 1.807) is 0 Å². The van der Waals surface area contributed by atoms with Crippen LogP contribution in [0.2, 0.25) is 0 Å². The number of hydrogen-bond donors (Lipinski definition) is 0. The Morgan fingerprint density at radius 3 is 1.47 bits per heavy atom. The van der Waals surface area contributed by atoms with Crippen molar-refractivity contribution in [3.05, 3.63) is 169 Å². The van der Waals surface area contributed by atoms with Crippen molar-refractivity contribution in [2.75, 3.05) is 0 Å². The van der Waals surface area contributed by atoms with Crippen LogP contribution in [0.3, 0.4) is 0 Å². The van der Waals surface area contributed by atoms with Crippen molar-refractivity contribution >= 4 is 32.3 Å². The van der Waals surface area contributed by atoms with Gasteiger partial charge in [0, 0.05) is 0 Å². The minimum absolute atomic E-state index is 0.993. The second kappa shape index (κ2) is 9.54. The highest BCUT2D eigenvalue weighted by atomic mass is 14.2. The van der Waals surface area contributed by atoms with E-state index in [1.165, 1.54) is 88.0 Å². The van der Waals surface area contributed by atoms with Gasteiger partial charge in [0.25, 0.3) is 0 Å². The maximum Gasteiger partial charge on any atom is -0.00130 e. The van der Waals surface area contributed by atoms with Gasteiger partial charge in [0.2, 0.25) is 0 Å². The molecule has 200 valence electrons. The van der Waals surface area contributed by atoms with E-state index in [-0.39, 0.29) is 0 Å². The molecule has 1 aliphatic rings. The molecule has 0 fully saturated rings. The zero-order valence-corrected chi connectivity index (χ0v) is 23.7. The number of benzene rings is 8. The maximum atomic E-state index is 2.40. The Kier molecular flexibility index (Phi) is 5.36. The molecule has 43 heavy (non-hydrogen) atoms. The highest BCUT2D eigenvalue weighted by Gasteiger charge is 2.21. The monoisotopic (exact) mass is 544 g/mol. The second-order valence-electron chi connectivity index (χ2n) is 11.7. The quantitative estimate of drug-likeness (QED) is 0.194. The summed E-state index contributed by atoms with van der Waals surface area (Å²) in [4.78, 5) is 0. The summed E-state index contributed by atoms with van der Waals surface area (Å²) in [5.74, 6) is 0. The molecule has 0 aliphatic heterocycles. The van der Waals surface area contributed by atoms with Gasteiger partial charge in [-0.1, -0.05) is 158 Å². The van der Waals surface area contributed by atoms with Gasteiger partial charge in [-0.15, -0.1) is 0 Å². The molecule has 0 spiro atoms. The SMILES string of the molecule is c1ccc(-c2c3ccccc3c(-c3ccc(-c4ccc5c(c4)Cc4ccc6ccccc6c4-5)cc3)c3ccccc23)cc1. The molecule has 0 aromatic heterocycles. The molecular weight excluding hydrogens is 516 g/mol. The Balaban J connectivity index is 1.16. The first-order chi connectivity index (χ1) is 21.3. The van der Waals surface area contributed by atoms with Gasteiger partial charge in [-0.25, -0.2) is 0 Å². The van der Waals surface area contributed by atoms with E-state index >= 15 is 0 Å². The summed E-state index contributed by atoms with van der Waals surface area (Å²) in [7, 11) is 0. The third-order valence-electron chi connectivity index (χ3n) is 9.27. The van der Waals surface area contributed by atoms with Crippen molar-refractivity contribution in [1.82, 2.24) is 0 Å². The van der Waals surface area contributed by atoms with E-state index < -0.39 is 0 Å². The van der Waals surface area contributed by atoms with Crippen molar-refractivity contribution in [2.24, 2.45) is 0 Å². The summed E-state index contributed by atoms with van der Waals surface area (Å²) in [6, 6.07) is 58.1. The van der Waals surface area contributed by atoms with Crippen LogP contribution in [0.5, 0.6) is 0 Å². The van der Waals surface area contributed by atoms with Crippen LogP contribution in [0.15, 0.2) is 158 Å². The van der Waals surface area contributed by atoms with Gasteiger partial charge >= 0.3 is 0 Å². The minimum Gasteiger partial charge on any atom is -0.0622 e. The molecule has 9 rings (SSSR count). The lowest BCUT2D eigenvalue weighted by molar-refractivity contribution is 1.27. The molecule has 0 saturated heterocycles. The Morgan fingerprint density at radius 1 is 0.302 bits per heavy atom. The Hall–Kier alpha value is -5.46. The molecular formula is C43H28. The molecule has 1 aliphatic carbocycles. The molecule has 0 atom stereocenters. The highest BCUT2D eigenvalue weighted by Crippen LogP contribution is 2.45. The van der Waals surface area contributed by atoms with Gasteiger partial charge in [0.15, 0.2) is 0 Å². The number of rotatable bonds is 3. The first-order valence-corrected chi connectivity index (χ1v) is 15.1. The fourth-order valence-corrected chi connectivity index (χ4v) is 7.34. The maximum absolute atomic E-state index is 2.40. The number of hydrogen-bond acceptors (Lipinski definition) is 0. The van der Waals surface area contributed by atoms with E-state index in [4.69, 9.17) is 0 Å². The van der Waals surface area contributed by atoms with Gasteiger partial charge < -0.3 is 0 Å². The molecule has 0 nitrogen and oxygen atoms in total. The Bertz CT molecular complexity index is 2280. The molecule has 0 N–H and O–H groups in total. The third kappa shape index (κ3) is 3.77. The predicted molar refractivity (Wildman–Crippen MR) is 184 cm³/mol. The summed E-state index contributed by atoms with van der Waals surface area (Å²) in [5.41, 5.74) is 13.3. The van der Waals surface area contributed by atoms with Crippen molar-refractivity contribution in [2.45, 2.75) is 6.42 Å². The van der Waals surface area contributed by atoms with Gasteiger partial charge in [-0.3, -0.25) is 0 Å². The van der Waals surface area contributed by atoms with Gasteiger partial charge in [0.05, 0.1) is 0 Å². The van der Waals surface area contributed by atoms with Crippen LogP contribution in [0.25, 0.3) is 76.8 Å². The van der Waals surface area contributed by atoms with Crippen LogP contribution in [0.4, 0.5) is 0 Å². The average molecular weight is 545 g/mol. The Morgan fingerprint density at radius 2 is 0.814 bits per heavy atom. The Labute approximate surface area is 251 Å². The van der Waals surface area contributed by atoms with Crippen LogP contribution < -0.4 is 0 Å². The molecule has 0 saturated carbocycles. The summed E-state index contributed by atoms with van der Waals surface area (Å²) >= 11 is 0. The smallest absolute Gasteiger partial charge is 0.00130 e. The van der Waals surface area contributed by atoms with E-state index in [2.05, 4.69) is 158 Å². The van der Waals surface area contributed by atoms with Crippen molar-refractivity contribution in [3.8, 4) is 44.5 Å². The summed E-state index contributed by atoms with van der Waals surface area (Å²) in [5, 5.41) is 7.82. The van der Waals surface area contributed by atoms with Crippen LogP contribution in [0, 0.1) is 0 Å². The van der Waals surface area contributed by atoms with Crippen LogP contribution in [-0.4, -0.2) is 0 Å². The fourth-order valence-electron chi connectivity index (χ4n) is 7.34. The topological polar surface area (TPSA) is 0 Å². The predicted octanol–water partition coefficient (Wildman–Crippen LogP) is 11.7. The molecule has 8 aromatic rings. The molecule has 0 amide bonds. The molecule has 0 heteroatoms. The van der Waals surface area contributed by atoms with Gasteiger partial charge in [-0.05, 0) is 94.4 Å². The highest BCUT2D eigenvalue weighted by molar-refractivity contribution is 6.21. The first kappa shape index (κ1) is 24.2. The summed E-state index contributed by atoms with van der Waals surface area (Å²) in [6.45, 7) is 0. The fraction of sp³-hybridized carbons (Fsp3) is 0.0233. The standard InChI is InChI=1S/C43H28/c1-2-11-30(12-3-1)41-37-14-6-8-16-39(37)42(40-17-9-7-15-38(40)41)31-21-18-28(19-22-31)32-24-25-36-34(26-32)27-33-23-20-29-10-4-5-13-35(29)43(33)36/h1-26H,27H2. The van der Waals surface area contributed by atoms with E-state index in [0.717, 1.165) is 6.42 Å². The minimum atomic E-state index is 0.993. The largest absolute Gasteiger partial charge is 0.0622 e. The normalized spacial score (nSPS) is 12.1. The zero-order valence-electron chi connectivity index (χ0n) is 23.7. The van der Waals surface area contributed by atoms with Crippen molar-refractivity contribution in [3.63, 3.8) is 0 Å². The molecule has 0 unspecified atom stereocenters.